The van der Waals surface area contributed by atoms with E-state index in [4.69, 9.17) is 27.8 Å². The number of halogens is 1. The molecule has 4 N–H and O–H groups in total. The predicted molar refractivity (Wildman–Crippen MR) is 58.1 cm³/mol. The average molecular weight is 215 g/mol. The summed E-state index contributed by atoms with van der Waals surface area (Å²) in [6.45, 7) is 1.44. The van der Waals surface area contributed by atoms with Gasteiger partial charge in [0.25, 0.3) is 0 Å². The highest BCUT2D eigenvalue weighted by molar-refractivity contribution is 6.30. The standard InChI is InChI=1S/C10H15ClN2O/c11-9-3-1-2-8(4-9)6-14-7-10(13)5-12/h1-4,10H,5-7,12-13H2. The number of rotatable bonds is 5. The molecule has 1 atom stereocenters. The van der Waals surface area contributed by atoms with Crippen LogP contribution in [-0.4, -0.2) is 19.2 Å². The summed E-state index contributed by atoms with van der Waals surface area (Å²) < 4.78 is 5.36. The van der Waals surface area contributed by atoms with Crippen LogP contribution in [-0.2, 0) is 11.3 Å². The Labute approximate surface area is 89.0 Å². The van der Waals surface area contributed by atoms with Crippen molar-refractivity contribution in [2.24, 2.45) is 11.5 Å². The van der Waals surface area contributed by atoms with E-state index in [1.807, 2.05) is 24.3 Å². The Hall–Kier alpha value is -0.610. The molecule has 0 spiro atoms. The summed E-state index contributed by atoms with van der Waals surface area (Å²) in [5.74, 6) is 0. The summed E-state index contributed by atoms with van der Waals surface area (Å²) in [5, 5.41) is 0.717. The molecule has 0 aliphatic rings. The van der Waals surface area contributed by atoms with Crippen LogP contribution in [0.4, 0.5) is 0 Å². The molecule has 1 unspecified atom stereocenters. The molecule has 0 fully saturated rings. The lowest BCUT2D eigenvalue weighted by molar-refractivity contribution is 0.109. The van der Waals surface area contributed by atoms with Gasteiger partial charge in [0.15, 0.2) is 0 Å². The summed E-state index contributed by atoms with van der Waals surface area (Å²) in [4.78, 5) is 0. The Morgan fingerprint density at radius 2 is 2.21 bits per heavy atom. The van der Waals surface area contributed by atoms with Gasteiger partial charge in [-0.3, -0.25) is 0 Å². The van der Waals surface area contributed by atoms with Crippen LogP contribution < -0.4 is 11.5 Å². The number of benzene rings is 1. The maximum absolute atomic E-state index is 5.81. The number of ether oxygens (including phenoxy) is 1. The van der Waals surface area contributed by atoms with Gasteiger partial charge in [-0.15, -0.1) is 0 Å². The van der Waals surface area contributed by atoms with Gasteiger partial charge in [0.05, 0.1) is 13.2 Å². The van der Waals surface area contributed by atoms with Crippen LogP contribution >= 0.6 is 11.6 Å². The lowest BCUT2D eigenvalue weighted by Gasteiger charge is -2.09. The second-order valence-corrected chi connectivity index (χ2v) is 3.58. The normalized spacial score (nSPS) is 12.8. The monoisotopic (exact) mass is 214 g/mol. The van der Waals surface area contributed by atoms with E-state index in [0.717, 1.165) is 5.56 Å². The molecule has 0 bridgehead atoms. The Balaban J connectivity index is 2.31. The van der Waals surface area contributed by atoms with Crippen LogP contribution in [0.3, 0.4) is 0 Å². The maximum atomic E-state index is 5.81. The second-order valence-electron chi connectivity index (χ2n) is 3.14. The Morgan fingerprint density at radius 1 is 1.43 bits per heavy atom. The van der Waals surface area contributed by atoms with Crippen LogP contribution in [0.5, 0.6) is 0 Å². The van der Waals surface area contributed by atoms with Crippen molar-refractivity contribution < 1.29 is 4.74 Å². The third kappa shape index (κ3) is 4.07. The molecule has 1 aromatic rings. The minimum atomic E-state index is -0.0887. The largest absolute Gasteiger partial charge is 0.375 e. The Morgan fingerprint density at radius 3 is 2.86 bits per heavy atom. The Bertz CT molecular complexity index is 281. The Kier molecular flexibility index (Phi) is 4.90. The number of nitrogens with two attached hydrogens (primary N) is 2. The van der Waals surface area contributed by atoms with E-state index in [2.05, 4.69) is 0 Å². The van der Waals surface area contributed by atoms with Crippen molar-refractivity contribution in [2.75, 3.05) is 13.2 Å². The topological polar surface area (TPSA) is 61.3 Å². The van der Waals surface area contributed by atoms with Gasteiger partial charge in [-0.2, -0.15) is 0 Å². The van der Waals surface area contributed by atoms with Crippen molar-refractivity contribution in [3.05, 3.63) is 34.9 Å². The molecule has 0 heterocycles. The molecule has 0 aromatic heterocycles. The molecule has 1 rings (SSSR count). The van der Waals surface area contributed by atoms with E-state index in [9.17, 15) is 0 Å². The zero-order valence-electron chi connectivity index (χ0n) is 7.95. The summed E-state index contributed by atoms with van der Waals surface area (Å²) in [6, 6.07) is 7.46. The third-order valence-corrected chi connectivity index (χ3v) is 2.03. The second kappa shape index (κ2) is 5.98. The minimum absolute atomic E-state index is 0.0887. The predicted octanol–water partition coefficient (Wildman–Crippen LogP) is 1.14. The van der Waals surface area contributed by atoms with E-state index in [1.54, 1.807) is 0 Å². The lowest BCUT2D eigenvalue weighted by atomic mass is 10.2. The van der Waals surface area contributed by atoms with Crippen LogP contribution in [0.2, 0.25) is 5.02 Å². The first kappa shape index (κ1) is 11.5. The first-order chi connectivity index (χ1) is 6.72. The maximum Gasteiger partial charge on any atom is 0.0718 e. The van der Waals surface area contributed by atoms with Gasteiger partial charge in [0, 0.05) is 17.6 Å². The van der Waals surface area contributed by atoms with Crippen molar-refractivity contribution >= 4 is 11.6 Å². The van der Waals surface area contributed by atoms with E-state index < -0.39 is 0 Å². The molecular weight excluding hydrogens is 200 g/mol. The van der Waals surface area contributed by atoms with E-state index in [-0.39, 0.29) is 6.04 Å². The molecule has 0 saturated heterocycles. The third-order valence-electron chi connectivity index (χ3n) is 1.79. The zero-order chi connectivity index (χ0) is 10.4. The summed E-state index contributed by atoms with van der Waals surface area (Å²) in [6.07, 6.45) is 0. The summed E-state index contributed by atoms with van der Waals surface area (Å²) >= 11 is 5.81. The van der Waals surface area contributed by atoms with Gasteiger partial charge < -0.3 is 16.2 Å². The summed E-state index contributed by atoms with van der Waals surface area (Å²) in [7, 11) is 0. The molecule has 0 saturated carbocycles. The molecule has 4 heteroatoms. The van der Waals surface area contributed by atoms with Crippen LogP contribution in [0.1, 0.15) is 5.56 Å². The van der Waals surface area contributed by atoms with Crippen LogP contribution in [0.25, 0.3) is 0 Å². The first-order valence-corrected chi connectivity index (χ1v) is 4.88. The highest BCUT2D eigenvalue weighted by atomic mass is 35.5. The van der Waals surface area contributed by atoms with Crippen molar-refractivity contribution in [3.8, 4) is 0 Å². The molecule has 3 nitrogen and oxygen atoms in total. The molecule has 0 aliphatic heterocycles. The molecule has 0 aliphatic carbocycles. The van der Waals surface area contributed by atoms with Gasteiger partial charge in [-0.1, -0.05) is 23.7 Å². The van der Waals surface area contributed by atoms with Gasteiger partial charge in [0.2, 0.25) is 0 Å². The number of hydrogen-bond donors (Lipinski definition) is 2. The van der Waals surface area contributed by atoms with E-state index in [1.165, 1.54) is 0 Å². The lowest BCUT2D eigenvalue weighted by Crippen LogP contribution is -2.34. The molecule has 14 heavy (non-hydrogen) atoms. The van der Waals surface area contributed by atoms with Gasteiger partial charge in [-0.25, -0.2) is 0 Å². The fourth-order valence-corrected chi connectivity index (χ4v) is 1.24. The van der Waals surface area contributed by atoms with Gasteiger partial charge in [-0.05, 0) is 17.7 Å². The quantitative estimate of drug-likeness (QED) is 0.773. The SMILES string of the molecule is NCC(N)COCc1cccc(Cl)c1. The van der Waals surface area contributed by atoms with Crippen molar-refractivity contribution in [3.63, 3.8) is 0 Å². The molecule has 0 amide bonds. The number of hydrogen-bond acceptors (Lipinski definition) is 3. The molecule has 1 aromatic carbocycles. The van der Waals surface area contributed by atoms with Gasteiger partial charge in [0.1, 0.15) is 0 Å². The van der Waals surface area contributed by atoms with Crippen LogP contribution in [0, 0.1) is 0 Å². The van der Waals surface area contributed by atoms with Crippen molar-refractivity contribution in [1.82, 2.24) is 0 Å². The molecule has 0 radical (unpaired) electrons. The fourth-order valence-electron chi connectivity index (χ4n) is 1.02. The van der Waals surface area contributed by atoms with Crippen molar-refractivity contribution in [1.29, 1.82) is 0 Å². The smallest absolute Gasteiger partial charge is 0.0718 e. The van der Waals surface area contributed by atoms with Gasteiger partial charge >= 0.3 is 0 Å². The minimum Gasteiger partial charge on any atom is -0.375 e. The zero-order valence-corrected chi connectivity index (χ0v) is 8.70. The van der Waals surface area contributed by atoms with E-state index >= 15 is 0 Å². The molecule has 78 valence electrons. The highest BCUT2D eigenvalue weighted by Gasteiger charge is 1.99. The van der Waals surface area contributed by atoms with Crippen molar-refractivity contribution in [2.45, 2.75) is 12.6 Å². The molecular formula is C10H15ClN2O. The summed E-state index contributed by atoms with van der Waals surface area (Å²) in [5.41, 5.74) is 12.0. The fraction of sp³-hybridized carbons (Fsp3) is 0.400. The highest BCUT2D eigenvalue weighted by Crippen LogP contribution is 2.11. The van der Waals surface area contributed by atoms with E-state index in [0.29, 0.717) is 24.8 Å². The average Bonchev–Trinajstić information content (AvgIpc) is 2.17. The van der Waals surface area contributed by atoms with Crippen LogP contribution in [0.15, 0.2) is 24.3 Å². The first-order valence-electron chi connectivity index (χ1n) is 4.50.